The summed E-state index contributed by atoms with van der Waals surface area (Å²) in [6, 6.07) is 5.93. The lowest BCUT2D eigenvalue weighted by Crippen LogP contribution is -2.08. The minimum atomic E-state index is -0.723. The highest BCUT2D eigenvalue weighted by Crippen LogP contribution is 2.23. The molecule has 0 aliphatic rings. The molecule has 1 aromatic carbocycles. The van der Waals surface area contributed by atoms with E-state index in [4.69, 9.17) is 10.00 Å². The lowest BCUT2D eigenvalue weighted by atomic mass is 10.2. The van der Waals surface area contributed by atoms with Gasteiger partial charge in [0.1, 0.15) is 6.07 Å². The number of nitro groups is 1. The second kappa shape index (κ2) is 7.44. The van der Waals surface area contributed by atoms with Crippen molar-refractivity contribution in [2.24, 2.45) is 0 Å². The van der Waals surface area contributed by atoms with Crippen LogP contribution in [0.15, 0.2) is 30.0 Å². The van der Waals surface area contributed by atoms with Gasteiger partial charge in [-0.05, 0) is 35.6 Å². The molecule has 8 heteroatoms. The van der Waals surface area contributed by atoms with Crippen LogP contribution in [0.25, 0.3) is 0 Å². The number of esters is 1. The first-order valence-electron chi connectivity index (χ1n) is 5.47. The van der Waals surface area contributed by atoms with Gasteiger partial charge in [-0.25, -0.2) is 4.79 Å². The van der Waals surface area contributed by atoms with E-state index in [9.17, 15) is 14.9 Å². The van der Waals surface area contributed by atoms with E-state index >= 15 is 0 Å². The second-order valence-electron chi connectivity index (χ2n) is 3.46. The molecule has 0 amide bonds. The van der Waals surface area contributed by atoms with Crippen molar-refractivity contribution in [1.29, 1.82) is 5.26 Å². The Balaban J connectivity index is 2.91. The van der Waals surface area contributed by atoms with Gasteiger partial charge < -0.3 is 10.1 Å². The smallest absolute Gasteiger partial charge is 0.350 e. The van der Waals surface area contributed by atoms with Crippen molar-refractivity contribution in [2.75, 3.05) is 11.9 Å². The maximum atomic E-state index is 11.4. The summed E-state index contributed by atoms with van der Waals surface area (Å²) in [5.74, 6) is -0.723. The van der Waals surface area contributed by atoms with Crippen LogP contribution in [0.3, 0.4) is 0 Å². The maximum Gasteiger partial charge on any atom is 0.350 e. The zero-order valence-electron chi connectivity index (χ0n) is 10.4. The van der Waals surface area contributed by atoms with Crippen LogP contribution in [0, 0.1) is 25.0 Å². The number of nitro benzene ring substituents is 1. The van der Waals surface area contributed by atoms with Crippen LogP contribution in [0.2, 0.25) is 0 Å². The van der Waals surface area contributed by atoms with E-state index in [1.54, 1.807) is 13.0 Å². The Morgan fingerprint density at radius 2 is 2.35 bits per heavy atom. The number of carbonyl (C=O) groups excluding carboxylic acids is 1. The lowest BCUT2D eigenvalue weighted by Gasteiger charge is -2.05. The number of rotatable bonds is 5. The molecule has 0 saturated carbocycles. The Kier molecular flexibility index (Phi) is 5.92. The van der Waals surface area contributed by atoms with Gasteiger partial charge in [0.15, 0.2) is 5.57 Å². The molecule has 0 saturated heterocycles. The third kappa shape index (κ3) is 4.20. The first-order valence-corrected chi connectivity index (χ1v) is 6.55. The Morgan fingerprint density at radius 3 is 2.85 bits per heavy atom. The molecule has 20 heavy (non-hydrogen) atoms. The van der Waals surface area contributed by atoms with Crippen LogP contribution in [-0.4, -0.2) is 17.5 Å². The molecule has 0 aliphatic carbocycles. The van der Waals surface area contributed by atoms with Gasteiger partial charge in [0.05, 0.1) is 17.2 Å². The van der Waals surface area contributed by atoms with Crippen molar-refractivity contribution >= 4 is 39.9 Å². The predicted molar refractivity (Wildman–Crippen MR) is 79.8 cm³/mol. The number of nitrogens with zero attached hydrogens (tertiary/aromatic N) is 2. The van der Waals surface area contributed by atoms with Crippen LogP contribution in [-0.2, 0) is 9.53 Å². The molecule has 0 aliphatic heterocycles. The number of ether oxygens (including phenoxy) is 1. The van der Waals surface area contributed by atoms with Crippen LogP contribution < -0.4 is 5.32 Å². The summed E-state index contributed by atoms with van der Waals surface area (Å²) in [6.45, 7) is 1.81. The van der Waals surface area contributed by atoms with Gasteiger partial charge in [0.25, 0.3) is 5.69 Å². The lowest BCUT2D eigenvalue weighted by molar-refractivity contribution is -0.384. The number of hydrogen-bond acceptors (Lipinski definition) is 6. The second-order valence-corrected chi connectivity index (χ2v) is 4.62. The third-order valence-electron chi connectivity index (χ3n) is 2.15. The molecule has 0 radical (unpaired) electrons. The van der Waals surface area contributed by atoms with Crippen molar-refractivity contribution in [1.82, 2.24) is 0 Å². The van der Waals surface area contributed by atoms with E-state index in [0.717, 1.165) is 0 Å². The molecule has 7 nitrogen and oxygen atoms in total. The fraction of sp³-hybridized carbons (Fsp3) is 0.167. The molecule has 0 unspecified atom stereocenters. The largest absolute Gasteiger partial charge is 0.462 e. The first-order chi connectivity index (χ1) is 9.49. The van der Waals surface area contributed by atoms with Gasteiger partial charge in [-0.2, -0.15) is 5.26 Å². The Hall–Kier alpha value is -2.15. The molecule has 104 valence electrons. The number of benzene rings is 1. The highest BCUT2D eigenvalue weighted by Gasteiger charge is 2.11. The van der Waals surface area contributed by atoms with E-state index in [2.05, 4.69) is 5.32 Å². The molecule has 0 bridgehead atoms. The maximum absolute atomic E-state index is 11.4. The van der Waals surface area contributed by atoms with Gasteiger partial charge in [-0.1, -0.05) is 0 Å². The standard InChI is InChI=1S/C12H10IN3O4/c1-2-20-12(17)8(6-14)7-15-11-4-3-9(16(18)19)5-10(11)13/h3-5,7,15H,2H2,1H3/b8-7+. The van der Waals surface area contributed by atoms with Crippen LogP contribution in [0.4, 0.5) is 11.4 Å². The Bertz CT molecular complexity index is 607. The van der Waals surface area contributed by atoms with Crippen molar-refractivity contribution < 1.29 is 14.5 Å². The summed E-state index contributed by atoms with van der Waals surface area (Å²) >= 11 is 1.92. The molecule has 0 fully saturated rings. The fourth-order valence-corrected chi connectivity index (χ4v) is 1.88. The molecule has 0 aromatic heterocycles. The fourth-order valence-electron chi connectivity index (χ4n) is 1.23. The Labute approximate surface area is 128 Å². The summed E-state index contributed by atoms with van der Waals surface area (Å²) in [7, 11) is 0. The molecule has 1 rings (SSSR count). The number of halogens is 1. The topological polar surface area (TPSA) is 105 Å². The molecule has 1 aromatic rings. The molecule has 1 N–H and O–H groups in total. The normalized spacial score (nSPS) is 10.6. The van der Waals surface area contributed by atoms with Gasteiger partial charge >= 0.3 is 5.97 Å². The summed E-state index contributed by atoms with van der Waals surface area (Å²) in [6.07, 6.45) is 1.21. The quantitative estimate of drug-likeness (QED) is 0.208. The zero-order chi connectivity index (χ0) is 15.1. The number of carbonyl (C=O) groups is 1. The van der Waals surface area contributed by atoms with Crippen LogP contribution >= 0.6 is 22.6 Å². The minimum Gasteiger partial charge on any atom is -0.462 e. The van der Waals surface area contributed by atoms with E-state index in [0.29, 0.717) is 9.26 Å². The van der Waals surface area contributed by atoms with Gasteiger partial charge in [-0.15, -0.1) is 0 Å². The summed E-state index contributed by atoms with van der Waals surface area (Å²) in [5, 5.41) is 22.2. The van der Waals surface area contributed by atoms with E-state index < -0.39 is 10.9 Å². The van der Waals surface area contributed by atoms with Crippen molar-refractivity contribution in [2.45, 2.75) is 6.92 Å². The summed E-state index contributed by atoms with van der Waals surface area (Å²) in [5.41, 5.74) is 0.337. The number of nitrogens with one attached hydrogen (secondary N) is 1. The molecular weight excluding hydrogens is 377 g/mol. The minimum absolute atomic E-state index is 0.0326. The van der Waals surface area contributed by atoms with E-state index in [1.807, 2.05) is 22.6 Å². The van der Waals surface area contributed by atoms with E-state index in [1.165, 1.54) is 24.4 Å². The van der Waals surface area contributed by atoms with Gasteiger partial charge in [0.2, 0.25) is 0 Å². The highest BCUT2D eigenvalue weighted by atomic mass is 127. The average Bonchev–Trinajstić information content (AvgIpc) is 2.41. The molecule has 0 atom stereocenters. The van der Waals surface area contributed by atoms with Crippen molar-refractivity contribution in [3.8, 4) is 6.07 Å². The number of nitriles is 1. The molecule has 0 heterocycles. The van der Waals surface area contributed by atoms with E-state index in [-0.39, 0.29) is 17.9 Å². The van der Waals surface area contributed by atoms with Crippen LogP contribution in [0.1, 0.15) is 6.92 Å². The predicted octanol–water partition coefficient (Wildman–Crippen LogP) is 2.58. The number of non-ortho nitro benzene ring substituents is 1. The highest BCUT2D eigenvalue weighted by molar-refractivity contribution is 14.1. The third-order valence-corrected chi connectivity index (χ3v) is 3.04. The van der Waals surface area contributed by atoms with Crippen molar-refractivity contribution in [3.05, 3.63) is 43.7 Å². The van der Waals surface area contributed by atoms with Crippen molar-refractivity contribution in [3.63, 3.8) is 0 Å². The average molecular weight is 387 g/mol. The Morgan fingerprint density at radius 1 is 1.65 bits per heavy atom. The van der Waals surface area contributed by atoms with Crippen LogP contribution in [0.5, 0.6) is 0 Å². The monoisotopic (exact) mass is 387 g/mol. The molecule has 0 spiro atoms. The first kappa shape index (κ1) is 15.9. The number of anilines is 1. The summed E-state index contributed by atoms with van der Waals surface area (Å²) in [4.78, 5) is 21.5. The van der Waals surface area contributed by atoms with Gasteiger partial charge in [-0.3, -0.25) is 10.1 Å². The summed E-state index contributed by atoms with van der Waals surface area (Å²) < 4.78 is 5.30. The molecular formula is C12H10IN3O4. The number of hydrogen-bond donors (Lipinski definition) is 1. The van der Waals surface area contributed by atoms with Gasteiger partial charge in [0, 0.05) is 21.9 Å². The zero-order valence-corrected chi connectivity index (χ0v) is 12.6. The SMILES string of the molecule is CCOC(=O)/C(C#N)=C/Nc1ccc([N+](=O)[O-])cc1I.